The van der Waals surface area contributed by atoms with Crippen molar-refractivity contribution in [3.63, 3.8) is 0 Å². The van der Waals surface area contributed by atoms with Crippen LogP contribution in [0, 0.1) is 10.1 Å². The van der Waals surface area contributed by atoms with Gasteiger partial charge < -0.3 is 10.0 Å². The maximum Gasteiger partial charge on any atom is 0.278 e. The van der Waals surface area contributed by atoms with Crippen LogP contribution in [0.5, 0.6) is 0 Å². The maximum atomic E-state index is 11.0. The first-order chi connectivity index (χ1) is 9.06. The Hall–Kier alpha value is -2.21. The molecule has 0 aliphatic heterocycles. The van der Waals surface area contributed by atoms with Gasteiger partial charge in [0, 0.05) is 25.4 Å². The van der Waals surface area contributed by atoms with Crippen LogP contribution in [0.2, 0.25) is 0 Å². The zero-order chi connectivity index (χ0) is 14.0. The number of nitrogens with zero attached hydrogens (tertiary/aromatic N) is 3. The second kappa shape index (κ2) is 5.19. The minimum absolute atomic E-state index is 0.00180. The zero-order valence-corrected chi connectivity index (χ0v) is 10.8. The number of aromatic nitrogens is 1. The number of anilines is 1. The minimum atomic E-state index is -0.413. The van der Waals surface area contributed by atoms with Crippen molar-refractivity contribution in [2.24, 2.45) is 0 Å². The van der Waals surface area contributed by atoms with Crippen LogP contribution in [0.15, 0.2) is 30.5 Å². The van der Waals surface area contributed by atoms with Crippen molar-refractivity contribution in [3.8, 4) is 0 Å². The van der Waals surface area contributed by atoms with Crippen LogP contribution in [0.3, 0.4) is 0 Å². The van der Waals surface area contributed by atoms with Crippen LogP contribution >= 0.6 is 0 Å². The highest BCUT2D eigenvalue weighted by atomic mass is 16.6. The van der Waals surface area contributed by atoms with Crippen molar-refractivity contribution in [1.29, 1.82) is 0 Å². The van der Waals surface area contributed by atoms with E-state index in [0.717, 1.165) is 5.69 Å². The molecule has 19 heavy (non-hydrogen) atoms. The molecule has 0 aliphatic rings. The van der Waals surface area contributed by atoms with Gasteiger partial charge in [-0.1, -0.05) is 0 Å². The van der Waals surface area contributed by atoms with Gasteiger partial charge in [0.25, 0.3) is 5.69 Å². The van der Waals surface area contributed by atoms with Gasteiger partial charge in [0.2, 0.25) is 0 Å². The number of hydrogen-bond acceptors (Lipinski definition) is 5. The fraction of sp³-hybridized carbons (Fsp3) is 0.308. The van der Waals surface area contributed by atoms with Crippen molar-refractivity contribution in [2.75, 3.05) is 18.6 Å². The third-order valence-corrected chi connectivity index (χ3v) is 3.23. The number of hydrogen-bond donors (Lipinski definition) is 1. The van der Waals surface area contributed by atoms with Gasteiger partial charge in [0.1, 0.15) is 5.52 Å². The lowest BCUT2D eigenvalue weighted by Gasteiger charge is -2.26. The third-order valence-electron chi connectivity index (χ3n) is 3.23. The van der Waals surface area contributed by atoms with E-state index in [2.05, 4.69) is 4.98 Å². The highest BCUT2D eigenvalue weighted by Crippen LogP contribution is 2.32. The summed E-state index contributed by atoms with van der Waals surface area (Å²) in [4.78, 5) is 16.7. The fourth-order valence-corrected chi connectivity index (χ4v) is 1.95. The van der Waals surface area contributed by atoms with E-state index >= 15 is 0 Å². The fourth-order valence-electron chi connectivity index (χ4n) is 1.95. The van der Waals surface area contributed by atoms with Gasteiger partial charge in [-0.3, -0.25) is 15.1 Å². The van der Waals surface area contributed by atoms with Crippen LogP contribution < -0.4 is 4.90 Å². The molecular formula is C13H15N3O3. The Morgan fingerprint density at radius 1 is 1.47 bits per heavy atom. The molecule has 1 unspecified atom stereocenters. The minimum Gasteiger partial charge on any atom is -0.394 e. The number of aliphatic hydroxyl groups excluding tert-OH is 1. The summed E-state index contributed by atoms with van der Waals surface area (Å²) in [6.07, 6.45) is 1.60. The van der Waals surface area contributed by atoms with E-state index in [0.29, 0.717) is 10.9 Å². The summed E-state index contributed by atoms with van der Waals surface area (Å²) < 4.78 is 0. The van der Waals surface area contributed by atoms with Crippen LogP contribution in [-0.2, 0) is 0 Å². The number of nitro benzene ring substituents is 1. The summed E-state index contributed by atoms with van der Waals surface area (Å²) in [5, 5.41) is 20.7. The van der Waals surface area contributed by atoms with Gasteiger partial charge in [-0.05, 0) is 25.1 Å². The molecule has 1 aromatic heterocycles. The monoisotopic (exact) mass is 261 g/mol. The molecule has 0 saturated carbocycles. The molecule has 0 amide bonds. The number of rotatable bonds is 4. The number of benzene rings is 1. The summed E-state index contributed by atoms with van der Waals surface area (Å²) in [5.74, 6) is 0. The molecular weight excluding hydrogens is 246 g/mol. The SMILES string of the molecule is CC(CO)N(C)c1ccc([N+](=O)[O-])c2cccnc12. The molecule has 1 aromatic carbocycles. The quantitative estimate of drug-likeness (QED) is 0.672. The Morgan fingerprint density at radius 3 is 2.84 bits per heavy atom. The predicted octanol–water partition coefficient (Wildman–Crippen LogP) is 1.96. The topological polar surface area (TPSA) is 79.5 Å². The number of nitro groups is 1. The molecule has 2 rings (SSSR count). The van der Waals surface area contributed by atoms with Crippen molar-refractivity contribution in [3.05, 3.63) is 40.6 Å². The van der Waals surface area contributed by atoms with Crippen molar-refractivity contribution >= 4 is 22.3 Å². The average molecular weight is 261 g/mol. The van der Waals surface area contributed by atoms with Gasteiger partial charge in [0.05, 0.1) is 22.6 Å². The largest absolute Gasteiger partial charge is 0.394 e. The molecule has 1 N–H and O–H groups in total. The normalized spacial score (nSPS) is 12.4. The second-order valence-corrected chi connectivity index (χ2v) is 4.40. The van der Waals surface area contributed by atoms with E-state index in [9.17, 15) is 15.2 Å². The molecule has 0 fully saturated rings. The number of pyridine rings is 1. The molecule has 1 atom stereocenters. The Morgan fingerprint density at radius 2 is 2.21 bits per heavy atom. The van der Waals surface area contributed by atoms with E-state index in [1.54, 1.807) is 24.4 Å². The van der Waals surface area contributed by atoms with E-state index in [1.165, 1.54) is 6.07 Å². The smallest absolute Gasteiger partial charge is 0.278 e. The summed E-state index contributed by atoms with van der Waals surface area (Å²) >= 11 is 0. The summed E-state index contributed by atoms with van der Waals surface area (Å²) in [6, 6.07) is 6.40. The molecule has 1 heterocycles. The van der Waals surface area contributed by atoms with Crippen LogP contribution in [0.1, 0.15) is 6.92 Å². The molecule has 2 aromatic rings. The Balaban J connectivity index is 2.65. The maximum absolute atomic E-state index is 11.0. The lowest BCUT2D eigenvalue weighted by molar-refractivity contribution is -0.383. The zero-order valence-electron chi connectivity index (χ0n) is 10.8. The molecule has 100 valence electrons. The summed E-state index contributed by atoms with van der Waals surface area (Å²) in [7, 11) is 1.83. The highest BCUT2D eigenvalue weighted by Gasteiger charge is 2.18. The molecule has 0 spiro atoms. The Bertz CT molecular complexity index is 615. The highest BCUT2D eigenvalue weighted by molar-refractivity contribution is 5.97. The van der Waals surface area contributed by atoms with E-state index in [-0.39, 0.29) is 18.3 Å². The lowest BCUT2D eigenvalue weighted by atomic mass is 10.1. The van der Waals surface area contributed by atoms with Crippen LogP contribution in [0.4, 0.5) is 11.4 Å². The standard InChI is InChI=1S/C13H15N3O3/c1-9(8-17)15(2)12-6-5-11(16(18)19)10-4-3-7-14-13(10)12/h3-7,9,17H,8H2,1-2H3. The van der Waals surface area contributed by atoms with Crippen molar-refractivity contribution in [1.82, 2.24) is 4.98 Å². The molecule has 0 aliphatic carbocycles. The first-order valence-electron chi connectivity index (χ1n) is 5.92. The second-order valence-electron chi connectivity index (χ2n) is 4.40. The van der Waals surface area contributed by atoms with Crippen molar-refractivity contribution < 1.29 is 10.0 Å². The first-order valence-corrected chi connectivity index (χ1v) is 5.92. The first kappa shape index (κ1) is 13.2. The molecule has 6 heteroatoms. The van der Waals surface area contributed by atoms with Gasteiger partial charge in [-0.25, -0.2) is 0 Å². The van der Waals surface area contributed by atoms with E-state index in [4.69, 9.17) is 0 Å². The third kappa shape index (κ3) is 2.34. The van der Waals surface area contributed by atoms with Gasteiger partial charge in [-0.2, -0.15) is 0 Å². The average Bonchev–Trinajstić information content (AvgIpc) is 2.44. The number of non-ortho nitro benzene ring substituents is 1. The predicted molar refractivity (Wildman–Crippen MR) is 73.3 cm³/mol. The van der Waals surface area contributed by atoms with E-state index < -0.39 is 4.92 Å². The Kier molecular flexibility index (Phi) is 3.62. The van der Waals surface area contributed by atoms with Gasteiger partial charge in [-0.15, -0.1) is 0 Å². The molecule has 6 nitrogen and oxygen atoms in total. The van der Waals surface area contributed by atoms with Crippen molar-refractivity contribution in [2.45, 2.75) is 13.0 Å². The molecule has 0 bridgehead atoms. The summed E-state index contributed by atoms with van der Waals surface area (Å²) in [5.41, 5.74) is 1.37. The number of likely N-dealkylation sites (N-methyl/N-ethyl adjacent to an activating group) is 1. The molecule has 0 saturated heterocycles. The number of fused-ring (bicyclic) bond motifs is 1. The van der Waals surface area contributed by atoms with E-state index in [1.807, 2.05) is 18.9 Å². The Labute approximate surface area is 110 Å². The van der Waals surface area contributed by atoms with Gasteiger partial charge in [0.15, 0.2) is 0 Å². The number of aliphatic hydroxyl groups is 1. The molecule has 0 radical (unpaired) electrons. The van der Waals surface area contributed by atoms with Gasteiger partial charge >= 0.3 is 0 Å². The van der Waals surface area contributed by atoms with Crippen LogP contribution in [0.25, 0.3) is 10.9 Å². The lowest BCUT2D eigenvalue weighted by Crippen LogP contribution is -2.32. The van der Waals surface area contributed by atoms with Crippen LogP contribution in [-0.4, -0.2) is 34.7 Å². The summed E-state index contributed by atoms with van der Waals surface area (Å²) in [6.45, 7) is 1.87.